The molecule has 1 N–H and O–H groups in total. The standard InChI is InChI=1S/C13H23N3OS2/c1-5-8(2)14-6-12-15-13(16-17-12)11-7-18-9(3)10(4)19-11/h8-11,14H,5-7H2,1-4H3. The number of thioether (sulfide) groups is 2. The summed E-state index contributed by atoms with van der Waals surface area (Å²) in [6.07, 6.45) is 1.10. The van der Waals surface area contributed by atoms with Crippen LogP contribution in [0.1, 0.15) is 51.1 Å². The normalized spacial score (nSPS) is 29.4. The summed E-state index contributed by atoms with van der Waals surface area (Å²) in [6.45, 7) is 9.55. The van der Waals surface area contributed by atoms with Crippen molar-refractivity contribution in [3.8, 4) is 0 Å². The summed E-state index contributed by atoms with van der Waals surface area (Å²) in [5.41, 5.74) is 0. The Hall–Kier alpha value is -0.200. The van der Waals surface area contributed by atoms with Crippen LogP contribution in [0.4, 0.5) is 0 Å². The van der Waals surface area contributed by atoms with E-state index in [2.05, 4.69) is 43.2 Å². The van der Waals surface area contributed by atoms with E-state index >= 15 is 0 Å². The molecule has 1 aliphatic rings. The lowest BCUT2D eigenvalue weighted by Crippen LogP contribution is -2.24. The summed E-state index contributed by atoms with van der Waals surface area (Å²) >= 11 is 3.97. The van der Waals surface area contributed by atoms with Crippen molar-refractivity contribution in [2.75, 3.05) is 5.75 Å². The minimum atomic E-state index is 0.372. The first-order valence-electron chi connectivity index (χ1n) is 6.93. The van der Waals surface area contributed by atoms with Crippen LogP contribution in [0.2, 0.25) is 0 Å². The summed E-state index contributed by atoms with van der Waals surface area (Å²) in [6, 6.07) is 0.482. The predicted molar refractivity (Wildman–Crippen MR) is 82.6 cm³/mol. The Balaban J connectivity index is 1.90. The van der Waals surface area contributed by atoms with Crippen LogP contribution in [0.15, 0.2) is 4.52 Å². The van der Waals surface area contributed by atoms with Gasteiger partial charge in [-0.2, -0.15) is 16.7 Å². The molecule has 0 amide bonds. The van der Waals surface area contributed by atoms with Crippen LogP contribution in [0.3, 0.4) is 0 Å². The number of aromatic nitrogens is 2. The number of rotatable bonds is 5. The summed E-state index contributed by atoms with van der Waals surface area (Å²) in [7, 11) is 0. The lowest BCUT2D eigenvalue weighted by atomic mass is 10.3. The van der Waals surface area contributed by atoms with E-state index in [-0.39, 0.29) is 0 Å². The molecule has 0 aromatic carbocycles. The Labute approximate surface area is 123 Å². The molecule has 1 fully saturated rings. The summed E-state index contributed by atoms with van der Waals surface area (Å²) < 4.78 is 5.33. The molecule has 0 saturated carbocycles. The van der Waals surface area contributed by atoms with Crippen LogP contribution in [-0.4, -0.2) is 32.4 Å². The molecule has 0 aliphatic carbocycles. The molecule has 1 aromatic rings. The fourth-order valence-electron chi connectivity index (χ4n) is 1.80. The SMILES string of the molecule is CCC(C)NCc1nc(C2CSC(C)C(C)S2)no1. The van der Waals surface area contributed by atoms with Crippen LogP contribution < -0.4 is 5.32 Å². The second-order valence-electron chi connectivity index (χ2n) is 5.10. The molecular formula is C13H23N3OS2. The van der Waals surface area contributed by atoms with Gasteiger partial charge < -0.3 is 9.84 Å². The summed E-state index contributed by atoms with van der Waals surface area (Å²) in [4.78, 5) is 4.53. The molecule has 0 radical (unpaired) electrons. The van der Waals surface area contributed by atoms with E-state index in [0.29, 0.717) is 34.2 Å². The molecule has 2 rings (SSSR count). The maximum Gasteiger partial charge on any atom is 0.240 e. The van der Waals surface area contributed by atoms with Gasteiger partial charge in [-0.05, 0) is 13.3 Å². The quantitative estimate of drug-likeness (QED) is 0.901. The van der Waals surface area contributed by atoms with E-state index < -0.39 is 0 Å². The van der Waals surface area contributed by atoms with Crippen molar-refractivity contribution in [1.82, 2.24) is 15.5 Å². The fourth-order valence-corrected chi connectivity index (χ4v) is 4.63. The Morgan fingerprint density at radius 1 is 1.42 bits per heavy atom. The third-order valence-corrected chi connectivity index (χ3v) is 6.92. The molecule has 19 heavy (non-hydrogen) atoms. The smallest absolute Gasteiger partial charge is 0.240 e. The Kier molecular flexibility index (Phi) is 5.59. The summed E-state index contributed by atoms with van der Waals surface area (Å²) in [5.74, 6) is 2.64. The van der Waals surface area contributed by atoms with Gasteiger partial charge in [-0.1, -0.05) is 25.9 Å². The molecular weight excluding hydrogens is 278 g/mol. The molecule has 1 saturated heterocycles. The van der Waals surface area contributed by atoms with Crippen LogP contribution in [0.5, 0.6) is 0 Å². The average Bonchev–Trinajstić information content (AvgIpc) is 2.88. The molecule has 0 spiro atoms. The van der Waals surface area contributed by atoms with Crippen molar-refractivity contribution in [3.63, 3.8) is 0 Å². The van der Waals surface area contributed by atoms with Crippen molar-refractivity contribution >= 4 is 23.5 Å². The molecule has 6 heteroatoms. The molecule has 0 bridgehead atoms. The topological polar surface area (TPSA) is 51.0 Å². The molecule has 1 aromatic heterocycles. The zero-order valence-corrected chi connectivity index (χ0v) is 13.7. The van der Waals surface area contributed by atoms with Gasteiger partial charge in [0.2, 0.25) is 5.89 Å². The minimum absolute atomic E-state index is 0.372. The summed E-state index contributed by atoms with van der Waals surface area (Å²) in [5, 5.41) is 9.24. The van der Waals surface area contributed by atoms with Gasteiger partial charge in [-0.25, -0.2) is 0 Å². The van der Waals surface area contributed by atoms with E-state index in [0.717, 1.165) is 18.0 Å². The van der Waals surface area contributed by atoms with Crippen LogP contribution in [0.25, 0.3) is 0 Å². The van der Waals surface area contributed by atoms with E-state index in [1.54, 1.807) is 0 Å². The van der Waals surface area contributed by atoms with Crippen molar-refractivity contribution in [3.05, 3.63) is 11.7 Å². The third kappa shape index (κ3) is 4.13. The second-order valence-corrected chi connectivity index (χ2v) is 8.10. The van der Waals surface area contributed by atoms with Gasteiger partial charge in [0.05, 0.1) is 11.8 Å². The number of nitrogens with one attached hydrogen (secondary N) is 1. The highest BCUT2D eigenvalue weighted by molar-refractivity contribution is 8.07. The van der Waals surface area contributed by atoms with Crippen molar-refractivity contribution < 1.29 is 4.52 Å². The van der Waals surface area contributed by atoms with Crippen molar-refractivity contribution in [2.45, 2.75) is 62.5 Å². The van der Waals surface area contributed by atoms with Crippen LogP contribution >= 0.6 is 23.5 Å². The maximum absolute atomic E-state index is 5.33. The minimum Gasteiger partial charge on any atom is -0.338 e. The van der Waals surface area contributed by atoms with E-state index in [9.17, 15) is 0 Å². The lowest BCUT2D eigenvalue weighted by Gasteiger charge is -2.29. The van der Waals surface area contributed by atoms with Gasteiger partial charge in [0.15, 0.2) is 5.82 Å². The highest BCUT2D eigenvalue weighted by Crippen LogP contribution is 2.43. The predicted octanol–water partition coefficient (Wildman–Crippen LogP) is 3.26. The van der Waals surface area contributed by atoms with Gasteiger partial charge in [-0.3, -0.25) is 0 Å². The van der Waals surface area contributed by atoms with E-state index in [1.807, 2.05) is 23.5 Å². The zero-order chi connectivity index (χ0) is 13.8. The first-order chi connectivity index (χ1) is 9.10. The molecule has 4 atom stereocenters. The largest absolute Gasteiger partial charge is 0.338 e. The molecule has 4 nitrogen and oxygen atoms in total. The van der Waals surface area contributed by atoms with Crippen LogP contribution in [0, 0.1) is 0 Å². The molecule has 1 aliphatic heterocycles. The van der Waals surface area contributed by atoms with Crippen LogP contribution in [-0.2, 0) is 6.54 Å². The van der Waals surface area contributed by atoms with Gasteiger partial charge in [-0.15, -0.1) is 11.8 Å². The maximum atomic E-state index is 5.33. The van der Waals surface area contributed by atoms with E-state index in [1.165, 1.54) is 0 Å². The second kappa shape index (κ2) is 6.99. The third-order valence-electron chi connectivity index (χ3n) is 3.54. The monoisotopic (exact) mass is 301 g/mol. The van der Waals surface area contributed by atoms with Gasteiger partial charge in [0.25, 0.3) is 0 Å². The van der Waals surface area contributed by atoms with Crippen molar-refractivity contribution in [2.24, 2.45) is 0 Å². The zero-order valence-electron chi connectivity index (χ0n) is 12.0. The Bertz CT molecular complexity index is 399. The average molecular weight is 301 g/mol. The number of hydrogen-bond acceptors (Lipinski definition) is 6. The number of hydrogen-bond donors (Lipinski definition) is 1. The highest BCUT2D eigenvalue weighted by atomic mass is 32.2. The van der Waals surface area contributed by atoms with Crippen molar-refractivity contribution in [1.29, 1.82) is 0 Å². The van der Waals surface area contributed by atoms with Gasteiger partial charge in [0, 0.05) is 22.3 Å². The molecule has 2 heterocycles. The Morgan fingerprint density at radius 3 is 2.89 bits per heavy atom. The fraction of sp³-hybridized carbons (Fsp3) is 0.846. The first kappa shape index (κ1) is 15.2. The highest BCUT2D eigenvalue weighted by Gasteiger charge is 2.29. The first-order valence-corrected chi connectivity index (χ1v) is 8.92. The number of nitrogens with zero attached hydrogens (tertiary/aromatic N) is 2. The molecule has 4 unspecified atom stereocenters. The van der Waals surface area contributed by atoms with E-state index in [4.69, 9.17) is 4.52 Å². The lowest BCUT2D eigenvalue weighted by molar-refractivity contribution is 0.354. The van der Waals surface area contributed by atoms with Gasteiger partial charge >= 0.3 is 0 Å². The molecule has 108 valence electrons. The Morgan fingerprint density at radius 2 is 2.21 bits per heavy atom. The van der Waals surface area contributed by atoms with Gasteiger partial charge in [0.1, 0.15) is 0 Å².